The molecule has 0 unspecified atom stereocenters. The Morgan fingerprint density at radius 2 is 1.59 bits per heavy atom. The molecule has 0 aliphatic carbocycles. The molecule has 1 aromatic heterocycles. The van der Waals surface area contributed by atoms with Crippen molar-refractivity contribution >= 4 is 29.0 Å². The summed E-state index contributed by atoms with van der Waals surface area (Å²) in [6.45, 7) is 0. The Kier molecular flexibility index (Phi) is 6.02. The fourth-order valence-corrected chi connectivity index (χ4v) is 3.36. The Labute approximate surface area is 178 Å². The van der Waals surface area contributed by atoms with Crippen molar-refractivity contribution in [2.45, 2.75) is 0 Å². The number of methoxy groups -OCH3 is 3. The van der Waals surface area contributed by atoms with Crippen LogP contribution in [0.4, 0.5) is 5.82 Å². The Morgan fingerprint density at radius 3 is 2.14 bits per heavy atom. The zero-order valence-corrected chi connectivity index (χ0v) is 17.4. The number of nitrogen functional groups attached to an aromatic ring is 1. The van der Waals surface area contributed by atoms with E-state index >= 15 is 0 Å². The van der Waals surface area contributed by atoms with E-state index in [4.69, 9.17) is 43.1 Å². The van der Waals surface area contributed by atoms with Gasteiger partial charge < -0.3 is 19.9 Å². The molecule has 6 nitrogen and oxygen atoms in total. The average molecular weight is 430 g/mol. The minimum absolute atomic E-state index is 0.0739. The summed E-state index contributed by atoms with van der Waals surface area (Å²) in [5, 5.41) is 10.6. The van der Waals surface area contributed by atoms with Gasteiger partial charge >= 0.3 is 0 Å². The molecule has 1 heterocycles. The summed E-state index contributed by atoms with van der Waals surface area (Å²) < 4.78 is 16.2. The highest BCUT2D eigenvalue weighted by Gasteiger charge is 2.19. The molecular formula is C21H17Cl2N3O3. The SMILES string of the molecule is COc1cc(-c2cc(-c3cc(Cl)ccc3Cl)nc(N)c2C#N)cc(OC)c1OC. The van der Waals surface area contributed by atoms with E-state index in [0.29, 0.717) is 49.7 Å². The van der Waals surface area contributed by atoms with Gasteiger partial charge in [-0.25, -0.2) is 4.98 Å². The predicted octanol–water partition coefficient (Wildman–Crippen LogP) is 5.20. The molecule has 0 atom stereocenters. The third-order valence-corrected chi connectivity index (χ3v) is 4.90. The van der Waals surface area contributed by atoms with Crippen LogP contribution in [0.25, 0.3) is 22.4 Å². The standard InChI is InChI=1S/C21H17Cl2N3O3/c1-27-18-6-11(7-19(28-2)20(18)29-3)13-9-17(26-21(25)15(13)10-24)14-8-12(22)4-5-16(14)23/h4-9H,1-3H3,(H2,25,26). The Balaban J connectivity index is 2.31. The highest BCUT2D eigenvalue weighted by molar-refractivity contribution is 6.35. The fourth-order valence-electron chi connectivity index (χ4n) is 2.98. The van der Waals surface area contributed by atoms with E-state index in [0.717, 1.165) is 0 Å². The molecule has 0 aliphatic rings. The lowest BCUT2D eigenvalue weighted by atomic mass is 9.97. The van der Waals surface area contributed by atoms with Crippen LogP contribution in [0.1, 0.15) is 5.56 Å². The van der Waals surface area contributed by atoms with Gasteiger partial charge in [-0.3, -0.25) is 0 Å². The van der Waals surface area contributed by atoms with E-state index < -0.39 is 0 Å². The largest absolute Gasteiger partial charge is 0.493 e. The molecule has 0 aliphatic heterocycles. The van der Waals surface area contributed by atoms with Gasteiger partial charge in [0.25, 0.3) is 0 Å². The van der Waals surface area contributed by atoms with Gasteiger partial charge in [-0.2, -0.15) is 5.26 Å². The number of halogens is 2. The van der Waals surface area contributed by atoms with Crippen LogP contribution in [0, 0.1) is 11.3 Å². The predicted molar refractivity (Wildman–Crippen MR) is 114 cm³/mol. The highest BCUT2D eigenvalue weighted by Crippen LogP contribution is 2.43. The summed E-state index contributed by atoms with van der Waals surface area (Å²) >= 11 is 12.4. The van der Waals surface area contributed by atoms with Gasteiger partial charge in [0.1, 0.15) is 17.5 Å². The van der Waals surface area contributed by atoms with Crippen LogP contribution in [0.3, 0.4) is 0 Å². The van der Waals surface area contributed by atoms with Crippen molar-refractivity contribution < 1.29 is 14.2 Å². The molecule has 8 heteroatoms. The molecule has 29 heavy (non-hydrogen) atoms. The first-order chi connectivity index (χ1) is 13.9. The van der Waals surface area contributed by atoms with Crippen molar-refractivity contribution in [2.75, 3.05) is 27.1 Å². The zero-order chi connectivity index (χ0) is 21.1. The Morgan fingerprint density at radius 1 is 0.931 bits per heavy atom. The number of hydrogen-bond acceptors (Lipinski definition) is 6. The van der Waals surface area contributed by atoms with E-state index in [-0.39, 0.29) is 11.4 Å². The number of ether oxygens (including phenoxy) is 3. The number of nitrogens with two attached hydrogens (primary N) is 1. The smallest absolute Gasteiger partial charge is 0.203 e. The molecular weight excluding hydrogens is 413 g/mol. The summed E-state index contributed by atoms with van der Waals surface area (Å²) in [5.41, 5.74) is 8.59. The maximum atomic E-state index is 9.67. The Bertz CT molecular complexity index is 1100. The second-order valence-corrected chi connectivity index (χ2v) is 6.81. The van der Waals surface area contributed by atoms with Crippen LogP contribution < -0.4 is 19.9 Å². The number of hydrogen-bond donors (Lipinski definition) is 1. The number of nitrogens with zero attached hydrogens (tertiary/aromatic N) is 2. The third kappa shape index (κ3) is 3.88. The monoisotopic (exact) mass is 429 g/mol. The van der Waals surface area contributed by atoms with Crippen molar-refractivity contribution in [3.63, 3.8) is 0 Å². The molecule has 3 rings (SSSR count). The molecule has 0 saturated carbocycles. The third-order valence-electron chi connectivity index (χ3n) is 4.34. The second-order valence-electron chi connectivity index (χ2n) is 5.97. The lowest BCUT2D eigenvalue weighted by molar-refractivity contribution is 0.324. The first-order valence-corrected chi connectivity index (χ1v) is 9.15. The highest BCUT2D eigenvalue weighted by atomic mass is 35.5. The first-order valence-electron chi connectivity index (χ1n) is 8.39. The first kappa shape index (κ1) is 20.6. The second kappa shape index (κ2) is 8.48. The summed E-state index contributed by atoms with van der Waals surface area (Å²) in [6.07, 6.45) is 0. The molecule has 2 aromatic carbocycles. The zero-order valence-electron chi connectivity index (χ0n) is 15.9. The number of anilines is 1. The molecule has 0 bridgehead atoms. The van der Waals surface area contributed by atoms with Crippen molar-refractivity contribution in [1.82, 2.24) is 4.98 Å². The fraction of sp³-hybridized carbons (Fsp3) is 0.143. The maximum absolute atomic E-state index is 9.67. The summed E-state index contributed by atoms with van der Waals surface area (Å²) in [7, 11) is 4.55. The van der Waals surface area contributed by atoms with Crippen molar-refractivity contribution in [3.8, 4) is 45.7 Å². The molecule has 2 N–H and O–H groups in total. The average Bonchev–Trinajstić information content (AvgIpc) is 2.73. The molecule has 148 valence electrons. The molecule has 0 fully saturated rings. The van der Waals surface area contributed by atoms with Gasteiger partial charge in [-0.15, -0.1) is 0 Å². The van der Waals surface area contributed by atoms with E-state index in [2.05, 4.69) is 11.1 Å². The number of rotatable bonds is 5. The van der Waals surface area contributed by atoms with Crippen molar-refractivity contribution in [3.05, 3.63) is 52.0 Å². The number of nitriles is 1. The maximum Gasteiger partial charge on any atom is 0.203 e. The molecule has 0 radical (unpaired) electrons. The number of aromatic nitrogens is 1. The topological polar surface area (TPSA) is 90.4 Å². The van der Waals surface area contributed by atoms with Crippen LogP contribution in [-0.2, 0) is 0 Å². The molecule has 0 spiro atoms. The van der Waals surface area contributed by atoms with Crippen LogP contribution in [0.5, 0.6) is 17.2 Å². The Hall–Kier alpha value is -3.14. The summed E-state index contributed by atoms with van der Waals surface area (Å²) in [6, 6.07) is 12.4. The van der Waals surface area contributed by atoms with Gasteiger partial charge in [0.2, 0.25) is 5.75 Å². The quantitative estimate of drug-likeness (QED) is 0.598. The van der Waals surface area contributed by atoms with E-state index in [1.165, 1.54) is 21.3 Å². The van der Waals surface area contributed by atoms with E-state index in [1.807, 2.05) is 0 Å². The van der Waals surface area contributed by atoms with Crippen LogP contribution in [-0.4, -0.2) is 26.3 Å². The molecule has 3 aromatic rings. The van der Waals surface area contributed by atoms with Gasteiger partial charge in [-0.05, 0) is 42.0 Å². The van der Waals surface area contributed by atoms with Crippen molar-refractivity contribution in [1.29, 1.82) is 5.26 Å². The minimum Gasteiger partial charge on any atom is -0.493 e. The number of pyridine rings is 1. The molecule has 0 saturated heterocycles. The number of benzene rings is 2. The normalized spacial score (nSPS) is 10.3. The summed E-state index contributed by atoms with van der Waals surface area (Å²) in [5.74, 6) is 1.41. The van der Waals surface area contributed by atoms with E-state index in [1.54, 1.807) is 36.4 Å². The van der Waals surface area contributed by atoms with Crippen molar-refractivity contribution in [2.24, 2.45) is 0 Å². The van der Waals surface area contributed by atoms with Crippen LogP contribution in [0.2, 0.25) is 10.0 Å². The van der Waals surface area contributed by atoms with Crippen LogP contribution >= 0.6 is 23.2 Å². The minimum atomic E-state index is 0.0739. The van der Waals surface area contributed by atoms with E-state index in [9.17, 15) is 5.26 Å². The van der Waals surface area contributed by atoms with Gasteiger partial charge in [0.15, 0.2) is 11.5 Å². The van der Waals surface area contributed by atoms with Gasteiger partial charge in [-0.1, -0.05) is 23.2 Å². The van der Waals surface area contributed by atoms with Gasteiger partial charge in [0.05, 0.1) is 32.0 Å². The van der Waals surface area contributed by atoms with Crippen LogP contribution in [0.15, 0.2) is 36.4 Å². The lowest BCUT2D eigenvalue weighted by Gasteiger charge is -2.16. The lowest BCUT2D eigenvalue weighted by Crippen LogP contribution is -2.01. The molecule has 0 amide bonds. The summed E-state index contributed by atoms with van der Waals surface area (Å²) in [4.78, 5) is 4.35. The van der Waals surface area contributed by atoms with Gasteiger partial charge in [0, 0.05) is 16.1 Å².